The van der Waals surface area contributed by atoms with Gasteiger partial charge in [0.25, 0.3) is 0 Å². The first-order valence-electron chi connectivity index (χ1n) is 3.70. The second-order valence-electron chi connectivity index (χ2n) is 2.35. The molecule has 0 amide bonds. The van der Waals surface area contributed by atoms with Gasteiger partial charge in [0.15, 0.2) is 0 Å². The molecule has 0 aliphatic rings. The summed E-state index contributed by atoms with van der Waals surface area (Å²) >= 11 is 0. The normalized spacial score (nSPS) is 11.2. The van der Waals surface area contributed by atoms with E-state index in [9.17, 15) is 0 Å². The van der Waals surface area contributed by atoms with E-state index in [4.69, 9.17) is 5.73 Å². The fourth-order valence-corrected chi connectivity index (χ4v) is 0.713. The van der Waals surface area contributed by atoms with Crippen LogP contribution in [-0.4, -0.2) is 17.5 Å². The van der Waals surface area contributed by atoms with Gasteiger partial charge in [-0.2, -0.15) is 0 Å². The van der Waals surface area contributed by atoms with Crippen LogP contribution in [0.5, 0.6) is 0 Å². The maximum absolute atomic E-state index is 5.35. The third-order valence-corrected chi connectivity index (χ3v) is 1.25. The lowest BCUT2D eigenvalue weighted by atomic mass is 10.5. The Morgan fingerprint density at radius 3 is 3.08 bits per heavy atom. The van der Waals surface area contributed by atoms with Crippen molar-refractivity contribution < 1.29 is 0 Å². The van der Waals surface area contributed by atoms with E-state index >= 15 is 0 Å². The van der Waals surface area contributed by atoms with Crippen LogP contribution in [0.1, 0.15) is 6.92 Å². The molecule has 1 aromatic heterocycles. The fraction of sp³-hybridized carbons (Fsp3) is 0.250. The van der Waals surface area contributed by atoms with E-state index in [0.717, 1.165) is 5.82 Å². The van der Waals surface area contributed by atoms with Crippen LogP contribution >= 0.6 is 0 Å². The largest absolute Gasteiger partial charge is 0.388 e. The van der Waals surface area contributed by atoms with Crippen molar-refractivity contribution in [3.63, 3.8) is 0 Å². The quantitative estimate of drug-likeness (QED) is 0.513. The van der Waals surface area contributed by atoms with Crippen molar-refractivity contribution in [1.82, 2.24) is 4.98 Å². The Labute approximate surface area is 71.5 Å². The molecule has 1 heterocycles. The molecular weight excluding hydrogens is 152 g/mol. The standard InChI is InChI=1S/C8H12N4/c1-7(9)11-6-12-8-4-2-3-5-10-8/h2-5H,6H2,1H3,(H2,9,11)(H,10,12). The Morgan fingerprint density at radius 1 is 1.67 bits per heavy atom. The maximum Gasteiger partial charge on any atom is 0.127 e. The summed E-state index contributed by atoms with van der Waals surface area (Å²) in [7, 11) is 0. The Morgan fingerprint density at radius 2 is 2.50 bits per heavy atom. The number of aliphatic imine (C=N–C) groups is 1. The number of nitrogens with zero attached hydrogens (tertiary/aromatic N) is 2. The third-order valence-electron chi connectivity index (χ3n) is 1.25. The molecule has 0 fully saturated rings. The zero-order valence-electron chi connectivity index (χ0n) is 6.99. The van der Waals surface area contributed by atoms with E-state index in [1.54, 1.807) is 13.1 Å². The number of pyridine rings is 1. The maximum atomic E-state index is 5.35. The lowest BCUT2D eigenvalue weighted by Crippen LogP contribution is -2.09. The van der Waals surface area contributed by atoms with E-state index in [2.05, 4.69) is 15.3 Å². The highest BCUT2D eigenvalue weighted by atomic mass is 15.1. The molecule has 4 heteroatoms. The Bertz CT molecular complexity index is 251. The molecule has 0 unspecified atom stereocenters. The monoisotopic (exact) mass is 164 g/mol. The first-order valence-corrected chi connectivity index (χ1v) is 3.70. The van der Waals surface area contributed by atoms with Gasteiger partial charge >= 0.3 is 0 Å². The van der Waals surface area contributed by atoms with Crippen molar-refractivity contribution in [2.24, 2.45) is 10.7 Å². The second-order valence-corrected chi connectivity index (χ2v) is 2.35. The summed E-state index contributed by atoms with van der Waals surface area (Å²) in [6.45, 7) is 2.22. The average Bonchev–Trinajstić information content (AvgIpc) is 2.05. The molecule has 0 aliphatic carbocycles. The van der Waals surface area contributed by atoms with E-state index in [1.807, 2.05) is 18.2 Å². The highest BCUT2D eigenvalue weighted by molar-refractivity contribution is 5.77. The smallest absolute Gasteiger partial charge is 0.127 e. The van der Waals surface area contributed by atoms with Gasteiger partial charge in [-0.3, -0.25) is 4.99 Å². The third kappa shape index (κ3) is 3.01. The molecule has 0 saturated carbocycles. The SMILES string of the molecule is CC(N)=NCNc1ccccn1. The van der Waals surface area contributed by atoms with Gasteiger partial charge in [0, 0.05) is 6.20 Å². The number of nitrogens with one attached hydrogen (secondary N) is 1. The zero-order valence-corrected chi connectivity index (χ0v) is 6.99. The van der Waals surface area contributed by atoms with Crippen molar-refractivity contribution in [3.8, 4) is 0 Å². The molecule has 0 atom stereocenters. The molecule has 1 aromatic rings. The van der Waals surface area contributed by atoms with Gasteiger partial charge in [-0.1, -0.05) is 6.07 Å². The van der Waals surface area contributed by atoms with Crippen LogP contribution in [0, 0.1) is 0 Å². The van der Waals surface area contributed by atoms with E-state index in [1.165, 1.54) is 0 Å². The van der Waals surface area contributed by atoms with Crippen molar-refractivity contribution in [3.05, 3.63) is 24.4 Å². The van der Waals surface area contributed by atoms with Crippen LogP contribution in [0.2, 0.25) is 0 Å². The Kier molecular flexibility index (Phi) is 3.07. The van der Waals surface area contributed by atoms with Crippen LogP contribution in [-0.2, 0) is 0 Å². The molecule has 0 saturated heterocycles. The summed E-state index contributed by atoms with van der Waals surface area (Å²) in [4.78, 5) is 8.02. The predicted octanol–water partition coefficient (Wildman–Crippen LogP) is 0.828. The van der Waals surface area contributed by atoms with Gasteiger partial charge in [0.05, 0.1) is 5.84 Å². The molecule has 0 spiro atoms. The van der Waals surface area contributed by atoms with Gasteiger partial charge in [0.2, 0.25) is 0 Å². The Hall–Kier alpha value is -1.58. The van der Waals surface area contributed by atoms with E-state index in [0.29, 0.717) is 12.5 Å². The molecule has 1 rings (SSSR count). The number of nitrogens with two attached hydrogens (primary N) is 1. The minimum atomic E-state index is 0.472. The first-order chi connectivity index (χ1) is 5.79. The van der Waals surface area contributed by atoms with Crippen LogP contribution in [0.4, 0.5) is 5.82 Å². The molecule has 3 N–H and O–H groups in total. The summed E-state index contributed by atoms with van der Waals surface area (Å²) in [5.74, 6) is 1.38. The van der Waals surface area contributed by atoms with Gasteiger partial charge < -0.3 is 11.1 Å². The topological polar surface area (TPSA) is 63.3 Å². The van der Waals surface area contributed by atoms with Crippen LogP contribution in [0.25, 0.3) is 0 Å². The highest BCUT2D eigenvalue weighted by Gasteiger charge is 1.86. The summed E-state index contributed by atoms with van der Waals surface area (Å²) in [5.41, 5.74) is 5.35. The highest BCUT2D eigenvalue weighted by Crippen LogP contribution is 1.97. The van der Waals surface area contributed by atoms with Crippen molar-refractivity contribution >= 4 is 11.7 Å². The summed E-state index contributed by atoms with van der Waals surface area (Å²) in [6, 6.07) is 5.65. The lowest BCUT2D eigenvalue weighted by molar-refractivity contribution is 1.10. The molecule has 0 aliphatic heterocycles. The molecule has 0 radical (unpaired) electrons. The lowest BCUT2D eigenvalue weighted by Gasteiger charge is -2.00. The summed E-state index contributed by atoms with van der Waals surface area (Å²) in [6.07, 6.45) is 1.72. The zero-order chi connectivity index (χ0) is 8.81. The second kappa shape index (κ2) is 4.33. The fourth-order valence-electron chi connectivity index (χ4n) is 0.713. The summed E-state index contributed by atoms with van der Waals surface area (Å²) in [5, 5.41) is 3.00. The number of hydrogen-bond acceptors (Lipinski definition) is 3. The molecule has 4 nitrogen and oxygen atoms in total. The average molecular weight is 164 g/mol. The van der Waals surface area contributed by atoms with Crippen LogP contribution in [0.15, 0.2) is 29.4 Å². The molecule has 0 aromatic carbocycles. The van der Waals surface area contributed by atoms with Gasteiger partial charge in [-0.15, -0.1) is 0 Å². The number of amidine groups is 1. The van der Waals surface area contributed by atoms with E-state index < -0.39 is 0 Å². The number of rotatable bonds is 3. The van der Waals surface area contributed by atoms with Gasteiger partial charge in [-0.25, -0.2) is 4.98 Å². The van der Waals surface area contributed by atoms with Crippen LogP contribution < -0.4 is 11.1 Å². The minimum Gasteiger partial charge on any atom is -0.388 e. The first kappa shape index (κ1) is 8.52. The predicted molar refractivity (Wildman–Crippen MR) is 50.0 cm³/mol. The molecule has 12 heavy (non-hydrogen) atoms. The Balaban J connectivity index is 2.39. The molecular formula is C8H12N4. The van der Waals surface area contributed by atoms with Crippen molar-refractivity contribution in [1.29, 1.82) is 0 Å². The number of aromatic nitrogens is 1. The van der Waals surface area contributed by atoms with Gasteiger partial charge in [-0.05, 0) is 19.1 Å². The molecule has 0 bridgehead atoms. The minimum absolute atomic E-state index is 0.472. The summed E-state index contributed by atoms with van der Waals surface area (Å²) < 4.78 is 0. The van der Waals surface area contributed by atoms with Gasteiger partial charge in [0.1, 0.15) is 12.5 Å². The van der Waals surface area contributed by atoms with Crippen molar-refractivity contribution in [2.75, 3.05) is 12.0 Å². The molecule has 64 valence electrons. The number of anilines is 1. The van der Waals surface area contributed by atoms with Crippen molar-refractivity contribution in [2.45, 2.75) is 6.92 Å². The number of hydrogen-bond donors (Lipinski definition) is 2. The van der Waals surface area contributed by atoms with E-state index in [-0.39, 0.29) is 0 Å². The van der Waals surface area contributed by atoms with Crippen LogP contribution in [0.3, 0.4) is 0 Å².